The minimum absolute atomic E-state index is 0.0187. The fourth-order valence-corrected chi connectivity index (χ4v) is 2.82. The Kier molecular flexibility index (Phi) is 4.02. The van der Waals surface area contributed by atoms with Gasteiger partial charge < -0.3 is 5.73 Å². The van der Waals surface area contributed by atoms with Gasteiger partial charge in [-0.1, -0.05) is 60.7 Å². The van der Waals surface area contributed by atoms with Crippen molar-refractivity contribution in [2.24, 2.45) is 5.73 Å². The van der Waals surface area contributed by atoms with E-state index in [2.05, 4.69) is 0 Å². The molecule has 96 valence electrons. The smallest absolute Gasteiger partial charge is 0.369 e. The summed E-state index contributed by atoms with van der Waals surface area (Å²) in [6, 6.07) is 18.5. The van der Waals surface area contributed by atoms with Gasteiger partial charge in [0.2, 0.25) is 5.91 Å². The van der Waals surface area contributed by atoms with Crippen molar-refractivity contribution in [3.8, 4) is 0 Å². The fourth-order valence-electron chi connectivity index (χ4n) is 2.16. The molecule has 0 atom stereocenters. The Morgan fingerprint density at radius 1 is 0.947 bits per heavy atom. The maximum atomic E-state index is 11.8. The lowest BCUT2D eigenvalue weighted by molar-refractivity contribution is -0.118. The molecule has 0 spiro atoms. The van der Waals surface area contributed by atoms with Gasteiger partial charge in [-0.2, -0.15) is 0 Å². The zero-order chi connectivity index (χ0) is 13.7. The highest BCUT2D eigenvalue weighted by atomic mass is 32.1. The molecule has 2 N–H and O–H groups in total. The normalized spacial score (nSPS) is 10.9. The summed E-state index contributed by atoms with van der Waals surface area (Å²) in [6.45, 7) is 0. The summed E-state index contributed by atoms with van der Waals surface area (Å²) in [5.41, 5.74) is 6.92. The number of amides is 1. The SMILES string of the molecule is NC(=O)CC([S+]=O)(c1ccccc1)c1ccccc1. The molecule has 0 aromatic heterocycles. The summed E-state index contributed by atoms with van der Waals surface area (Å²) >= 11 is 0.401. The van der Waals surface area contributed by atoms with Crippen molar-refractivity contribution in [3.05, 3.63) is 71.8 Å². The third kappa shape index (κ3) is 2.69. The van der Waals surface area contributed by atoms with Crippen molar-refractivity contribution in [2.75, 3.05) is 0 Å². The van der Waals surface area contributed by atoms with Crippen LogP contribution in [0.5, 0.6) is 0 Å². The molecule has 0 saturated heterocycles. The van der Waals surface area contributed by atoms with Gasteiger partial charge in [0.25, 0.3) is 0 Å². The van der Waals surface area contributed by atoms with Gasteiger partial charge in [-0.3, -0.25) is 4.79 Å². The molecule has 19 heavy (non-hydrogen) atoms. The minimum Gasteiger partial charge on any atom is -0.369 e. The van der Waals surface area contributed by atoms with Crippen LogP contribution in [-0.2, 0) is 25.4 Å². The standard InChI is InChI=1S/C15H13NO2S/c16-14(17)11-15(19-18,12-7-3-1-4-8-12)13-9-5-2-6-10-13/h1-10H,11H2,(H-,16,17)/p+1. The Labute approximate surface area is 115 Å². The molecule has 0 heterocycles. The van der Waals surface area contributed by atoms with Crippen LogP contribution < -0.4 is 5.73 Å². The Balaban J connectivity index is 2.61. The highest BCUT2D eigenvalue weighted by molar-refractivity contribution is 7.67. The summed E-state index contributed by atoms with van der Waals surface area (Å²) in [5.74, 6) is -0.490. The van der Waals surface area contributed by atoms with Gasteiger partial charge in [0.1, 0.15) is 0 Å². The zero-order valence-electron chi connectivity index (χ0n) is 10.3. The monoisotopic (exact) mass is 272 g/mol. The van der Waals surface area contributed by atoms with E-state index in [9.17, 15) is 9.00 Å². The van der Waals surface area contributed by atoms with Crippen molar-refractivity contribution in [2.45, 2.75) is 11.2 Å². The summed E-state index contributed by atoms with van der Waals surface area (Å²) < 4.78 is 10.8. The van der Waals surface area contributed by atoms with Crippen molar-refractivity contribution in [1.82, 2.24) is 0 Å². The third-order valence-electron chi connectivity index (χ3n) is 3.05. The van der Waals surface area contributed by atoms with Gasteiger partial charge in [0, 0.05) is 15.3 Å². The molecule has 0 saturated carbocycles. The zero-order valence-corrected chi connectivity index (χ0v) is 11.1. The molecule has 0 aliphatic rings. The Bertz CT molecular complexity index is 530. The first kappa shape index (κ1) is 13.4. The number of primary amides is 1. The van der Waals surface area contributed by atoms with Crippen molar-refractivity contribution >= 4 is 17.6 Å². The van der Waals surface area contributed by atoms with Crippen LogP contribution in [0.15, 0.2) is 60.7 Å². The van der Waals surface area contributed by atoms with E-state index in [-0.39, 0.29) is 6.42 Å². The van der Waals surface area contributed by atoms with Gasteiger partial charge in [-0.05, 0) is 0 Å². The Morgan fingerprint density at radius 2 is 1.37 bits per heavy atom. The van der Waals surface area contributed by atoms with Gasteiger partial charge in [0.15, 0.2) is 0 Å². The predicted octanol–water partition coefficient (Wildman–Crippen LogP) is 2.23. The average molecular weight is 272 g/mol. The molecular weight excluding hydrogens is 258 g/mol. The number of benzene rings is 2. The largest absolute Gasteiger partial charge is 0.476 e. The van der Waals surface area contributed by atoms with E-state index in [1.54, 1.807) is 0 Å². The fraction of sp³-hybridized carbons (Fsp3) is 0.133. The second-order valence-electron chi connectivity index (χ2n) is 4.29. The van der Waals surface area contributed by atoms with Crippen LogP contribution in [0.3, 0.4) is 0 Å². The molecule has 3 nitrogen and oxygen atoms in total. The number of hydrogen-bond acceptors (Lipinski definition) is 2. The Morgan fingerprint density at radius 3 is 1.68 bits per heavy atom. The first-order valence-corrected chi connectivity index (χ1v) is 6.63. The lowest BCUT2D eigenvalue weighted by atomic mass is 9.87. The van der Waals surface area contributed by atoms with Crippen molar-refractivity contribution in [3.63, 3.8) is 0 Å². The van der Waals surface area contributed by atoms with E-state index >= 15 is 0 Å². The summed E-state index contributed by atoms with van der Waals surface area (Å²) in [6.07, 6.45) is -0.0187. The second kappa shape index (κ2) is 5.71. The molecular formula is C15H14NO2S+. The number of carbonyl (C=O) groups is 1. The van der Waals surface area contributed by atoms with Crippen LogP contribution in [0.2, 0.25) is 0 Å². The van der Waals surface area contributed by atoms with E-state index in [1.807, 2.05) is 60.7 Å². The van der Waals surface area contributed by atoms with Crippen LogP contribution >= 0.6 is 0 Å². The van der Waals surface area contributed by atoms with Crippen LogP contribution in [0.4, 0.5) is 0 Å². The second-order valence-corrected chi connectivity index (χ2v) is 5.15. The van der Waals surface area contributed by atoms with E-state index in [0.29, 0.717) is 11.7 Å². The summed E-state index contributed by atoms with van der Waals surface area (Å²) in [7, 11) is 0. The molecule has 2 aromatic rings. The minimum atomic E-state index is -0.964. The molecule has 0 bridgehead atoms. The first-order valence-electron chi connectivity index (χ1n) is 5.89. The Hall–Kier alpha value is -2.07. The number of nitrogens with two attached hydrogens (primary N) is 1. The van der Waals surface area contributed by atoms with Gasteiger partial charge in [-0.25, -0.2) is 0 Å². The van der Waals surface area contributed by atoms with E-state index in [1.165, 1.54) is 0 Å². The molecule has 0 radical (unpaired) electrons. The molecule has 0 fully saturated rings. The third-order valence-corrected chi connectivity index (χ3v) is 3.95. The number of rotatable bonds is 5. The van der Waals surface area contributed by atoms with Crippen LogP contribution in [0.1, 0.15) is 17.5 Å². The quantitative estimate of drug-likeness (QED) is 0.848. The molecule has 0 unspecified atom stereocenters. The first-order chi connectivity index (χ1) is 9.19. The van der Waals surface area contributed by atoms with Crippen LogP contribution in [-0.4, -0.2) is 5.91 Å². The number of carbonyl (C=O) groups excluding carboxylic acids is 1. The highest BCUT2D eigenvalue weighted by Gasteiger charge is 2.49. The molecule has 0 aliphatic carbocycles. The van der Waals surface area contributed by atoms with Gasteiger partial charge in [-0.15, -0.1) is 0 Å². The van der Waals surface area contributed by atoms with E-state index < -0.39 is 10.7 Å². The topological polar surface area (TPSA) is 60.2 Å². The van der Waals surface area contributed by atoms with Crippen LogP contribution in [0.25, 0.3) is 0 Å². The highest BCUT2D eigenvalue weighted by Crippen LogP contribution is 2.35. The molecule has 2 aromatic carbocycles. The molecule has 0 aliphatic heterocycles. The lowest BCUT2D eigenvalue weighted by Crippen LogP contribution is -2.32. The lowest BCUT2D eigenvalue weighted by Gasteiger charge is -2.16. The number of hydrogen-bond donors (Lipinski definition) is 1. The van der Waals surface area contributed by atoms with E-state index in [0.717, 1.165) is 11.1 Å². The summed E-state index contributed by atoms with van der Waals surface area (Å²) in [4.78, 5) is 11.4. The van der Waals surface area contributed by atoms with E-state index in [4.69, 9.17) is 5.73 Å². The maximum absolute atomic E-state index is 11.8. The van der Waals surface area contributed by atoms with Crippen molar-refractivity contribution in [1.29, 1.82) is 0 Å². The molecule has 1 amide bonds. The molecule has 2 rings (SSSR count). The van der Waals surface area contributed by atoms with Crippen molar-refractivity contribution < 1.29 is 9.00 Å². The molecule has 4 heteroatoms. The maximum Gasteiger partial charge on any atom is 0.476 e. The van der Waals surface area contributed by atoms with Gasteiger partial charge in [0.05, 0.1) is 6.42 Å². The van der Waals surface area contributed by atoms with Gasteiger partial charge >= 0.3 is 16.4 Å². The summed E-state index contributed by atoms with van der Waals surface area (Å²) in [5, 5.41) is 0. The predicted molar refractivity (Wildman–Crippen MR) is 75.5 cm³/mol. The van der Waals surface area contributed by atoms with Crippen LogP contribution in [0, 0.1) is 0 Å². The average Bonchev–Trinajstić information content (AvgIpc) is 2.46.